The molecule has 2 aliphatic heterocycles. The molecule has 0 atom stereocenters. The van der Waals surface area contributed by atoms with Crippen LogP contribution in [0.5, 0.6) is 23.0 Å². The van der Waals surface area contributed by atoms with Gasteiger partial charge in [-0.05, 0) is 70.8 Å². The molecule has 4 heteroatoms. The van der Waals surface area contributed by atoms with Crippen LogP contribution in [0.2, 0.25) is 0 Å². The fourth-order valence-corrected chi connectivity index (χ4v) is 7.05. The summed E-state index contributed by atoms with van der Waals surface area (Å²) in [6.07, 6.45) is 0. The van der Waals surface area contributed by atoms with Crippen molar-refractivity contribution in [2.24, 2.45) is 0 Å². The second-order valence-corrected chi connectivity index (χ2v) is 12.8. The standard InChI is InChI=1S/C44H32N2O2/c1-44(2)34-17-9-11-19-38(34)46(39-20-12-10-18-35(39)44)33-22-24-41-43(28-33)48-42-27-31(21-23-40(42)47-41)32-25-36(29-13-5-3-6-14-29)45-37(26-32)30-15-7-4-8-16-30/h3-28H,1-2H3. The Kier molecular flexibility index (Phi) is 6.44. The summed E-state index contributed by atoms with van der Waals surface area (Å²) >= 11 is 0. The lowest BCUT2D eigenvalue weighted by molar-refractivity contribution is 0.360. The Balaban J connectivity index is 1.11. The van der Waals surface area contributed by atoms with Gasteiger partial charge in [-0.25, -0.2) is 4.98 Å². The molecule has 0 saturated carbocycles. The van der Waals surface area contributed by atoms with Crippen LogP contribution in [0.15, 0.2) is 158 Å². The number of fused-ring (bicyclic) bond motifs is 4. The van der Waals surface area contributed by atoms with Crippen molar-refractivity contribution < 1.29 is 9.47 Å². The van der Waals surface area contributed by atoms with Gasteiger partial charge in [0.1, 0.15) is 0 Å². The third kappa shape index (κ3) is 4.65. The van der Waals surface area contributed by atoms with Crippen LogP contribution < -0.4 is 14.4 Å². The van der Waals surface area contributed by atoms with Gasteiger partial charge in [0.05, 0.1) is 28.5 Å². The van der Waals surface area contributed by atoms with E-state index < -0.39 is 0 Å². The predicted octanol–water partition coefficient (Wildman–Crippen LogP) is 12.1. The van der Waals surface area contributed by atoms with Crippen molar-refractivity contribution in [3.63, 3.8) is 0 Å². The Morgan fingerprint density at radius 2 is 0.938 bits per heavy atom. The van der Waals surface area contributed by atoms with Gasteiger partial charge in [-0.1, -0.05) is 117 Å². The number of aromatic nitrogens is 1. The van der Waals surface area contributed by atoms with Crippen LogP contribution in [0.4, 0.5) is 17.1 Å². The Labute approximate surface area is 280 Å². The van der Waals surface area contributed by atoms with Crippen molar-refractivity contribution in [3.05, 3.63) is 169 Å². The SMILES string of the molecule is CC1(C)c2ccccc2N(c2ccc3c(c2)Oc2cc(-c4cc(-c5ccccc5)nc(-c5ccccc5)c4)ccc2O3)c2ccccc21. The number of benzene rings is 6. The maximum atomic E-state index is 6.65. The molecule has 0 amide bonds. The lowest BCUT2D eigenvalue weighted by atomic mass is 9.73. The molecule has 48 heavy (non-hydrogen) atoms. The summed E-state index contributed by atoms with van der Waals surface area (Å²) in [5, 5.41) is 0. The summed E-state index contributed by atoms with van der Waals surface area (Å²) in [5.41, 5.74) is 11.9. The first-order valence-corrected chi connectivity index (χ1v) is 16.3. The van der Waals surface area contributed by atoms with Gasteiger partial charge in [0.25, 0.3) is 0 Å². The molecule has 1 aromatic heterocycles. The van der Waals surface area contributed by atoms with E-state index in [-0.39, 0.29) is 5.41 Å². The molecule has 0 radical (unpaired) electrons. The molecule has 9 rings (SSSR count). The summed E-state index contributed by atoms with van der Waals surface area (Å²) in [7, 11) is 0. The molecule has 7 aromatic rings. The molecule has 0 spiro atoms. The first kappa shape index (κ1) is 28.1. The van der Waals surface area contributed by atoms with Gasteiger partial charge in [-0.15, -0.1) is 0 Å². The second kappa shape index (κ2) is 11.0. The van der Waals surface area contributed by atoms with Crippen LogP contribution in [-0.4, -0.2) is 4.98 Å². The molecule has 6 aromatic carbocycles. The highest BCUT2D eigenvalue weighted by molar-refractivity contribution is 5.87. The number of para-hydroxylation sites is 2. The van der Waals surface area contributed by atoms with Crippen LogP contribution in [0.1, 0.15) is 25.0 Å². The van der Waals surface area contributed by atoms with Crippen LogP contribution in [-0.2, 0) is 5.41 Å². The van der Waals surface area contributed by atoms with Gasteiger partial charge in [0.15, 0.2) is 23.0 Å². The highest BCUT2D eigenvalue weighted by Crippen LogP contribution is 2.54. The zero-order valence-corrected chi connectivity index (χ0v) is 26.7. The molecule has 4 nitrogen and oxygen atoms in total. The van der Waals surface area contributed by atoms with Gasteiger partial charge in [-0.2, -0.15) is 0 Å². The van der Waals surface area contributed by atoms with Crippen molar-refractivity contribution in [2.45, 2.75) is 19.3 Å². The average molecular weight is 621 g/mol. The molecule has 230 valence electrons. The fourth-order valence-electron chi connectivity index (χ4n) is 7.05. The number of pyridine rings is 1. The van der Waals surface area contributed by atoms with Gasteiger partial charge < -0.3 is 14.4 Å². The normalized spacial score (nSPS) is 13.7. The first-order valence-electron chi connectivity index (χ1n) is 16.3. The predicted molar refractivity (Wildman–Crippen MR) is 194 cm³/mol. The van der Waals surface area contributed by atoms with E-state index in [1.54, 1.807) is 0 Å². The monoisotopic (exact) mass is 620 g/mol. The topological polar surface area (TPSA) is 34.6 Å². The van der Waals surface area contributed by atoms with Crippen LogP contribution in [0, 0.1) is 0 Å². The molecule has 0 aliphatic carbocycles. The molecular weight excluding hydrogens is 588 g/mol. The second-order valence-electron chi connectivity index (χ2n) is 12.8. The zero-order valence-electron chi connectivity index (χ0n) is 26.7. The molecule has 2 aliphatic rings. The summed E-state index contributed by atoms with van der Waals surface area (Å²) in [5.74, 6) is 2.74. The minimum atomic E-state index is -0.124. The Morgan fingerprint density at radius 1 is 0.438 bits per heavy atom. The van der Waals surface area contributed by atoms with Crippen molar-refractivity contribution in [3.8, 4) is 56.6 Å². The number of hydrogen-bond donors (Lipinski definition) is 0. The molecule has 0 N–H and O–H groups in total. The van der Waals surface area contributed by atoms with E-state index in [9.17, 15) is 0 Å². The molecule has 0 bridgehead atoms. The highest BCUT2D eigenvalue weighted by Gasteiger charge is 2.36. The number of rotatable bonds is 4. The van der Waals surface area contributed by atoms with Gasteiger partial charge in [0, 0.05) is 22.6 Å². The zero-order chi connectivity index (χ0) is 32.2. The number of hydrogen-bond acceptors (Lipinski definition) is 4. The summed E-state index contributed by atoms with van der Waals surface area (Å²) in [6.45, 7) is 4.60. The lowest BCUT2D eigenvalue weighted by Gasteiger charge is -2.42. The van der Waals surface area contributed by atoms with E-state index in [1.807, 2.05) is 48.5 Å². The van der Waals surface area contributed by atoms with Gasteiger partial charge >= 0.3 is 0 Å². The van der Waals surface area contributed by atoms with E-state index in [1.165, 1.54) is 22.5 Å². The molecular formula is C44H32N2O2. The quantitative estimate of drug-likeness (QED) is 0.196. The Morgan fingerprint density at radius 3 is 1.54 bits per heavy atom. The van der Waals surface area contributed by atoms with E-state index in [0.29, 0.717) is 23.0 Å². The van der Waals surface area contributed by atoms with Gasteiger partial charge in [0.2, 0.25) is 0 Å². The third-order valence-electron chi connectivity index (χ3n) is 9.50. The van der Waals surface area contributed by atoms with Gasteiger partial charge in [-0.3, -0.25) is 0 Å². The van der Waals surface area contributed by atoms with E-state index >= 15 is 0 Å². The van der Waals surface area contributed by atoms with Crippen molar-refractivity contribution in [1.82, 2.24) is 4.98 Å². The van der Waals surface area contributed by atoms with Crippen molar-refractivity contribution >= 4 is 17.1 Å². The minimum Gasteiger partial charge on any atom is -0.450 e. The highest BCUT2D eigenvalue weighted by atomic mass is 16.6. The number of ether oxygens (including phenoxy) is 2. The molecule has 0 unspecified atom stereocenters. The van der Waals surface area contributed by atoms with Crippen molar-refractivity contribution in [1.29, 1.82) is 0 Å². The fraction of sp³-hybridized carbons (Fsp3) is 0.0682. The third-order valence-corrected chi connectivity index (χ3v) is 9.50. The average Bonchev–Trinajstić information content (AvgIpc) is 3.14. The summed E-state index contributed by atoms with van der Waals surface area (Å²) in [4.78, 5) is 7.38. The Bertz CT molecular complexity index is 2220. The van der Waals surface area contributed by atoms with E-state index in [4.69, 9.17) is 14.5 Å². The maximum absolute atomic E-state index is 6.65. The largest absolute Gasteiger partial charge is 0.450 e. The van der Waals surface area contributed by atoms with Crippen LogP contribution in [0.25, 0.3) is 33.6 Å². The Hall–Kier alpha value is -6.13. The lowest BCUT2D eigenvalue weighted by Crippen LogP contribution is -2.30. The number of nitrogens with zero attached hydrogens (tertiary/aromatic N) is 2. The minimum absolute atomic E-state index is 0.124. The van der Waals surface area contributed by atoms with Crippen LogP contribution in [0.3, 0.4) is 0 Å². The molecule has 0 saturated heterocycles. The summed E-state index contributed by atoms with van der Waals surface area (Å²) < 4.78 is 13.1. The van der Waals surface area contributed by atoms with Crippen LogP contribution >= 0.6 is 0 Å². The van der Waals surface area contributed by atoms with E-state index in [0.717, 1.165) is 39.3 Å². The van der Waals surface area contributed by atoms with E-state index in [2.05, 4.69) is 128 Å². The smallest absolute Gasteiger partial charge is 0.172 e. The number of anilines is 3. The maximum Gasteiger partial charge on any atom is 0.172 e. The summed E-state index contributed by atoms with van der Waals surface area (Å²) in [6, 6.07) is 54.6. The first-order chi connectivity index (χ1) is 23.5. The molecule has 0 fully saturated rings. The molecule has 3 heterocycles. The van der Waals surface area contributed by atoms with Crippen molar-refractivity contribution in [2.75, 3.05) is 4.90 Å².